The zero-order valence-electron chi connectivity index (χ0n) is 40.5. The number of likely N-dealkylation sites (tertiary alicyclic amines) is 1. The van der Waals surface area contributed by atoms with Crippen LogP contribution in [0.4, 0.5) is 4.79 Å². The lowest BCUT2D eigenvalue weighted by molar-refractivity contribution is -0.136. The number of imidazole rings is 1. The van der Waals surface area contributed by atoms with Gasteiger partial charge >= 0.3 is 6.09 Å². The molecule has 0 spiro atoms. The Morgan fingerprint density at radius 3 is 2.36 bits per heavy atom. The van der Waals surface area contributed by atoms with Crippen LogP contribution in [0.25, 0.3) is 21.6 Å². The highest BCUT2D eigenvalue weighted by Gasteiger charge is 2.55. The number of nitrogens with one attached hydrogen (secondary N) is 2. The molecule has 3 fully saturated rings. The predicted molar refractivity (Wildman–Crippen MR) is 259 cm³/mol. The lowest BCUT2D eigenvalue weighted by Crippen LogP contribution is -2.48. The number of fused-ring (bicyclic) bond motifs is 1. The summed E-state index contributed by atoms with van der Waals surface area (Å²) in [6.07, 6.45) is 12.5. The Morgan fingerprint density at radius 1 is 1.03 bits per heavy atom. The van der Waals surface area contributed by atoms with Crippen molar-refractivity contribution in [3.05, 3.63) is 40.9 Å². The van der Waals surface area contributed by atoms with E-state index in [4.69, 9.17) is 25.2 Å². The van der Waals surface area contributed by atoms with E-state index in [1.807, 2.05) is 57.4 Å². The molecule has 3 aliphatic rings. The normalized spacial score (nSPS) is 20.5. The van der Waals surface area contributed by atoms with Crippen LogP contribution in [-0.2, 0) is 35.6 Å². The summed E-state index contributed by atoms with van der Waals surface area (Å²) in [4.78, 5) is 64.0. The summed E-state index contributed by atoms with van der Waals surface area (Å²) in [6, 6.07) is 5.45. The van der Waals surface area contributed by atoms with Crippen molar-refractivity contribution in [2.75, 3.05) is 13.1 Å². The first kappa shape index (κ1) is 50.9. The third kappa shape index (κ3) is 12.3. The zero-order chi connectivity index (χ0) is 48.1. The van der Waals surface area contributed by atoms with Gasteiger partial charge in [-0.15, -0.1) is 11.3 Å². The molecule has 2 aliphatic carbocycles. The van der Waals surface area contributed by atoms with E-state index in [2.05, 4.69) is 49.9 Å². The van der Waals surface area contributed by atoms with Gasteiger partial charge in [0.05, 0.1) is 22.5 Å². The van der Waals surface area contributed by atoms with Crippen molar-refractivity contribution in [1.82, 2.24) is 29.5 Å². The average Bonchev–Trinajstić information content (AvgIpc) is 4.08. The van der Waals surface area contributed by atoms with Crippen molar-refractivity contribution >= 4 is 56.2 Å². The maximum Gasteiger partial charge on any atom is 0.408 e. The van der Waals surface area contributed by atoms with Gasteiger partial charge < -0.3 is 25.4 Å². The standard InChI is InChI=1S/C49H73N7O8S2/c1-10-33-26-36(33)44(59)54-66(61,62)49(24-25-49)22-16-14-12-11-13-15-20-39-41(31(4)5)52-45(65-39)35-18-17-19-37-42(35)53-46(56(37)32(6)7)63-34-27-38(43(50)58)55(29-34)40(57)28-51-47(60)64-48(8,9)23-21-30(2)3/h11-12,17-19,30-34,36,38H,10,13-16,20-29H2,1-9H3,(H2,50,58)(H,51,60)(H,54,59). The van der Waals surface area contributed by atoms with Crippen LogP contribution in [0.2, 0.25) is 0 Å². The Morgan fingerprint density at radius 2 is 1.74 bits per heavy atom. The van der Waals surface area contributed by atoms with Gasteiger partial charge in [-0.1, -0.05) is 59.3 Å². The Hall–Kier alpha value is -4.51. The van der Waals surface area contributed by atoms with Gasteiger partial charge in [0.25, 0.3) is 6.01 Å². The maximum atomic E-state index is 13.4. The fourth-order valence-corrected chi connectivity index (χ4v) is 12.0. The van der Waals surface area contributed by atoms with Crippen LogP contribution < -0.4 is 20.5 Å². The maximum absolute atomic E-state index is 13.4. The Balaban J connectivity index is 1.06. The van der Waals surface area contributed by atoms with Gasteiger partial charge in [0.1, 0.15) is 34.8 Å². The number of carbonyl (C=O) groups is 4. The number of para-hydroxylation sites is 1. The third-order valence-corrected chi connectivity index (χ3v) is 16.7. The number of nitrogens with zero attached hydrogens (tertiary/aromatic N) is 4. The number of alkyl carbamates (subject to hydrolysis) is 1. The summed E-state index contributed by atoms with van der Waals surface area (Å²) in [5.74, 6) is -0.610. The molecule has 6 rings (SSSR count). The van der Waals surface area contributed by atoms with Crippen LogP contribution in [-0.4, -0.2) is 87.3 Å². The van der Waals surface area contributed by atoms with Crippen molar-refractivity contribution < 1.29 is 37.1 Å². The van der Waals surface area contributed by atoms with Gasteiger partial charge in [-0.2, -0.15) is 4.98 Å². The van der Waals surface area contributed by atoms with Crippen molar-refractivity contribution in [3.63, 3.8) is 0 Å². The summed E-state index contributed by atoms with van der Waals surface area (Å²) in [5, 5.41) is 3.42. The van der Waals surface area contributed by atoms with E-state index in [0.29, 0.717) is 43.5 Å². The zero-order valence-corrected chi connectivity index (χ0v) is 42.1. The number of rotatable bonds is 24. The minimum absolute atomic E-state index is 0.0336. The Bertz CT molecular complexity index is 2360. The summed E-state index contributed by atoms with van der Waals surface area (Å²) < 4.78 is 41.9. The number of allylic oxidation sites excluding steroid dienone is 2. The Kier molecular flexibility index (Phi) is 16.3. The molecule has 66 heavy (non-hydrogen) atoms. The molecule has 4 N–H and O–H groups in total. The number of unbranched alkanes of at least 4 members (excludes halogenated alkanes) is 2. The lowest BCUT2D eigenvalue weighted by Gasteiger charge is -2.26. The summed E-state index contributed by atoms with van der Waals surface area (Å²) in [6.45, 7) is 18.1. The molecule has 1 aliphatic heterocycles. The van der Waals surface area contributed by atoms with Crippen LogP contribution in [0.15, 0.2) is 30.4 Å². The number of hydrogen-bond donors (Lipinski definition) is 3. The van der Waals surface area contributed by atoms with Gasteiger partial charge in [0.2, 0.25) is 27.7 Å². The molecular weight excluding hydrogens is 879 g/mol. The highest BCUT2D eigenvalue weighted by molar-refractivity contribution is 7.91. The molecule has 364 valence electrons. The van der Waals surface area contributed by atoms with Crippen molar-refractivity contribution in [2.24, 2.45) is 23.5 Å². The van der Waals surface area contributed by atoms with E-state index in [0.717, 1.165) is 78.7 Å². The molecule has 2 aromatic heterocycles. The first-order valence-electron chi connectivity index (χ1n) is 24.1. The van der Waals surface area contributed by atoms with E-state index >= 15 is 0 Å². The van der Waals surface area contributed by atoms with Crippen LogP contribution in [0.3, 0.4) is 0 Å². The SMILES string of the molecule is CCC1CC1C(=O)NS(=O)(=O)C1(CCCC=CCCCc2sc(-c3cccc4c3nc(OC3CC(C(N)=O)N(C(=O)CNC(=O)OC(C)(C)CCC(C)C)C3)n4C(C)C)nc2C(C)C)CC1. The van der Waals surface area contributed by atoms with Gasteiger partial charge in [-0.25, -0.2) is 18.2 Å². The molecule has 0 bridgehead atoms. The number of carbonyl (C=O) groups excluding carboxylic acids is 4. The van der Waals surface area contributed by atoms with Crippen LogP contribution >= 0.6 is 11.3 Å². The number of sulfonamides is 1. The Labute approximate surface area is 395 Å². The predicted octanol–water partition coefficient (Wildman–Crippen LogP) is 8.71. The summed E-state index contributed by atoms with van der Waals surface area (Å²) in [5.41, 5.74) is 8.67. The molecule has 4 unspecified atom stereocenters. The van der Waals surface area contributed by atoms with Crippen LogP contribution in [0, 0.1) is 17.8 Å². The topological polar surface area (TPSA) is 205 Å². The van der Waals surface area contributed by atoms with Gasteiger partial charge in [-0.05, 0) is 128 Å². The number of aryl methyl sites for hydroxylation is 1. The van der Waals surface area contributed by atoms with Gasteiger partial charge in [-0.3, -0.25) is 23.7 Å². The molecule has 3 heterocycles. The molecule has 2 saturated carbocycles. The second kappa shape index (κ2) is 21.2. The van der Waals surface area contributed by atoms with Gasteiger partial charge in [0.15, 0.2) is 0 Å². The number of amides is 4. The number of nitrogens with two attached hydrogens (primary N) is 1. The van der Waals surface area contributed by atoms with E-state index in [1.165, 1.54) is 9.78 Å². The second-order valence-electron chi connectivity index (χ2n) is 20.3. The summed E-state index contributed by atoms with van der Waals surface area (Å²) >= 11 is 1.68. The quantitative estimate of drug-likeness (QED) is 0.0575. The first-order valence-corrected chi connectivity index (χ1v) is 26.4. The lowest BCUT2D eigenvalue weighted by atomic mass is 9.97. The number of primary amides is 1. The molecule has 1 saturated heterocycles. The molecule has 4 atom stereocenters. The molecular formula is C49H73N7O8S2. The van der Waals surface area contributed by atoms with Crippen LogP contribution in [0.5, 0.6) is 6.01 Å². The van der Waals surface area contributed by atoms with Gasteiger partial charge in [0, 0.05) is 28.8 Å². The molecule has 15 nitrogen and oxygen atoms in total. The second-order valence-corrected chi connectivity index (χ2v) is 23.5. The fraction of sp³-hybridized carbons (Fsp3) is 0.673. The minimum atomic E-state index is -3.67. The fourth-order valence-electron chi connectivity index (χ4n) is 9.05. The number of aromatic nitrogens is 3. The molecule has 0 radical (unpaired) electrons. The molecule has 3 aromatic rings. The largest absolute Gasteiger partial charge is 0.459 e. The van der Waals surface area contributed by atoms with E-state index < -0.39 is 50.4 Å². The minimum Gasteiger partial charge on any atom is -0.459 e. The molecule has 4 amide bonds. The average molecular weight is 952 g/mol. The van der Waals surface area contributed by atoms with Crippen molar-refractivity contribution in [1.29, 1.82) is 0 Å². The smallest absolute Gasteiger partial charge is 0.408 e. The number of ether oxygens (including phenoxy) is 2. The van der Waals surface area contributed by atoms with E-state index in [1.54, 1.807) is 11.3 Å². The first-order chi connectivity index (χ1) is 31.2. The highest BCUT2D eigenvalue weighted by Crippen LogP contribution is 2.48. The van der Waals surface area contributed by atoms with E-state index in [-0.39, 0.29) is 43.3 Å². The molecule has 17 heteroatoms. The van der Waals surface area contributed by atoms with Crippen molar-refractivity contribution in [3.8, 4) is 16.6 Å². The third-order valence-electron chi connectivity index (χ3n) is 13.3. The monoisotopic (exact) mass is 951 g/mol. The van der Waals surface area contributed by atoms with Crippen LogP contribution in [0.1, 0.15) is 162 Å². The van der Waals surface area contributed by atoms with Crippen molar-refractivity contribution in [2.45, 2.75) is 180 Å². The van der Waals surface area contributed by atoms with E-state index in [9.17, 15) is 27.6 Å². The number of hydrogen-bond acceptors (Lipinski definition) is 11. The number of benzene rings is 1. The highest BCUT2D eigenvalue weighted by atomic mass is 32.2. The molecule has 1 aromatic carbocycles. The summed E-state index contributed by atoms with van der Waals surface area (Å²) in [7, 11) is -3.67. The number of thiazole rings is 1.